The largest absolute Gasteiger partial charge is 0.269 e. The van der Waals surface area contributed by atoms with Gasteiger partial charge in [0.25, 0.3) is 5.82 Å². The second-order valence-electron chi connectivity index (χ2n) is 5.50. The zero-order valence-corrected chi connectivity index (χ0v) is 11.2. The average molecular weight is 249 g/mol. The van der Waals surface area contributed by atoms with Crippen molar-refractivity contribution in [1.82, 2.24) is 4.57 Å². The maximum Gasteiger partial charge on any atom is 0.269 e. The van der Waals surface area contributed by atoms with E-state index in [9.17, 15) is 0 Å². The van der Waals surface area contributed by atoms with Crippen LogP contribution in [-0.4, -0.2) is 4.57 Å². The predicted molar refractivity (Wildman–Crippen MR) is 76.0 cm³/mol. The lowest BCUT2D eigenvalue weighted by Gasteiger charge is -2.29. The Labute approximate surface area is 113 Å². The zero-order valence-electron chi connectivity index (χ0n) is 11.2. The average Bonchev–Trinajstić information content (AvgIpc) is 2.82. The van der Waals surface area contributed by atoms with Crippen molar-refractivity contribution in [3.8, 4) is 5.69 Å². The topological polar surface area (TPSA) is 8.81 Å². The lowest BCUT2D eigenvalue weighted by molar-refractivity contribution is -0.679. The number of nitrogens with zero attached hydrogens (tertiary/aromatic N) is 2. The first-order chi connectivity index (χ1) is 9.27. The molecule has 2 heterocycles. The van der Waals surface area contributed by atoms with Gasteiger partial charge in [0.2, 0.25) is 0 Å². The van der Waals surface area contributed by atoms with Crippen LogP contribution in [0.4, 0.5) is 0 Å². The van der Waals surface area contributed by atoms with Crippen LogP contribution in [0.3, 0.4) is 0 Å². The smallest absolute Gasteiger partial charge is 0.236 e. The molecule has 2 heteroatoms. The molecule has 1 unspecified atom stereocenters. The molecule has 2 aliphatic rings. The Morgan fingerprint density at radius 3 is 2.95 bits per heavy atom. The fraction of sp³-hybridized carbons (Fsp3) is 0.235. The standard InChI is InChI=1S/C17H17N2/c1-12-6-5-8-14-13-7-3-4-9-15(13)19-11-10-18(2)17(19)16(12)14/h3-12,16H,1-2H3/q+1/t12-,16?/m1/s1. The van der Waals surface area contributed by atoms with E-state index in [1.54, 1.807) is 0 Å². The van der Waals surface area contributed by atoms with Crippen molar-refractivity contribution >= 4 is 5.57 Å². The van der Waals surface area contributed by atoms with Crippen LogP contribution in [0.5, 0.6) is 0 Å². The van der Waals surface area contributed by atoms with E-state index in [2.05, 4.69) is 78.0 Å². The summed E-state index contributed by atoms with van der Waals surface area (Å²) in [4.78, 5) is 0. The fourth-order valence-corrected chi connectivity index (χ4v) is 3.45. The van der Waals surface area contributed by atoms with Crippen LogP contribution >= 0.6 is 0 Å². The molecular formula is C17H17N2+. The van der Waals surface area contributed by atoms with Gasteiger partial charge in [-0.15, -0.1) is 0 Å². The van der Waals surface area contributed by atoms with Gasteiger partial charge in [0.1, 0.15) is 18.1 Å². The quantitative estimate of drug-likeness (QED) is 0.635. The Bertz CT molecular complexity index is 719. The number of fused-ring (bicyclic) bond motifs is 6. The molecule has 2 atom stereocenters. The van der Waals surface area contributed by atoms with Crippen molar-refractivity contribution in [2.45, 2.75) is 12.8 Å². The highest BCUT2D eigenvalue weighted by molar-refractivity contribution is 5.81. The number of hydrogen-bond donors (Lipinski definition) is 0. The first-order valence-corrected chi connectivity index (χ1v) is 6.82. The molecule has 19 heavy (non-hydrogen) atoms. The van der Waals surface area contributed by atoms with Crippen LogP contribution < -0.4 is 4.57 Å². The van der Waals surface area contributed by atoms with E-state index < -0.39 is 0 Å². The second-order valence-corrected chi connectivity index (χ2v) is 5.50. The van der Waals surface area contributed by atoms with Crippen molar-refractivity contribution in [3.63, 3.8) is 0 Å². The SMILES string of the molecule is C[C@@H]1C=CC=C2c3ccccc3-n3cc[n+](C)c3C21. The van der Waals surface area contributed by atoms with Crippen molar-refractivity contribution in [2.24, 2.45) is 13.0 Å². The molecule has 1 aliphatic carbocycles. The van der Waals surface area contributed by atoms with Crippen LogP contribution in [0.15, 0.2) is 54.9 Å². The first kappa shape index (κ1) is 10.8. The van der Waals surface area contributed by atoms with Crippen molar-refractivity contribution in [1.29, 1.82) is 0 Å². The van der Waals surface area contributed by atoms with Crippen LogP contribution in [0.25, 0.3) is 11.3 Å². The molecule has 0 spiro atoms. The van der Waals surface area contributed by atoms with Gasteiger partial charge in [-0.25, -0.2) is 4.57 Å². The van der Waals surface area contributed by atoms with Gasteiger partial charge in [-0.2, -0.15) is 4.57 Å². The monoisotopic (exact) mass is 249 g/mol. The van der Waals surface area contributed by atoms with Gasteiger partial charge in [0.15, 0.2) is 0 Å². The maximum atomic E-state index is 2.34. The molecule has 1 aromatic carbocycles. The van der Waals surface area contributed by atoms with Crippen molar-refractivity contribution < 1.29 is 4.57 Å². The molecule has 4 rings (SSSR count). The van der Waals surface area contributed by atoms with E-state index >= 15 is 0 Å². The molecule has 0 N–H and O–H groups in total. The Balaban J connectivity index is 2.10. The van der Waals surface area contributed by atoms with Crippen molar-refractivity contribution in [2.75, 3.05) is 0 Å². The third-order valence-corrected chi connectivity index (χ3v) is 4.35. The second kappa shape index (κ2) is 3.70. The molecule has 0 bridgehead atoms. The summed E-state index contributed by atoms with van der Waals surface area (Å²) < 4.78 is 4.59. The minimum atomic E-state index is 0.458. The number of imidazole rings is 1. The van der Waals surface area contributed by atoms with E-state index in [0.29, 0.717) is 11.8 Å². The Morgan fingerprint density at radius 1 is 1.21 bits per heavy atom. The number of aryl methyl sites for hydroxylation is 1. The van der Waals surface area contributed by atoms with E-state index in [4.69, 9.17) is 0 Å². The van der Waals surface area contributed by atoms with Gasteiger partial charge < -0.3 is 0 Å². The molecule has 2 aromatic rings. The first-order valence-electron chi connectivity index (χ1n) is 6.82. The zero-order chi connectivity index (χ0) is 13.0. The minimum absolute atomic E-state index is 0.458. The minimum Gasteiger partial charge on any atom is -0.236 e. The van der Waals surface area contributed by atoms with Gasteiger partial charge >= 0.3 is 0 Å². The Hall–Kier alpha value is -2.09. The molecule has 2 nitrogen and oxygen atoms in total. The van der Waals surface area contributed by atoms with Gasteiger partial charge in [-0.3, -0.25) is 0 Å². The van der Waals surface area contributed by atoms with E-state index in [1.165, 1.54) is 22.6 Å². The van der Waals surface area contributed by atoms with E-state index in [0.717, 1.165) is 0 Å². The normalized spacial score (nSPS) is 23.4. The van der Waals surface area contributed by atoms with Crippen molar-refractivity contribution in [3.05, 3.63) is 66.3 Å². The van der Waals surface area contributed by atoms with Crippen LogP contribution in [0.2, 0.25) is 0 Å². The predicted octanol–water partition coefficient (Wildman–Crippen LogP) is 2.99. The molecule has 94 valence electrons. The van der Waals surface area contributed by atoms with Gasteiger partial charge in [0.05, 0.1) is 13.0 Å². The summed E-state index contributed by atoms with van der Waals surface area (Å²) in [5.41, 5.74) is 4.11. The van der Waals surface area contributed by atoms with Gasteiger partial charge in [-0.1, -0.05) is 43.4 Å². The lowest BCUT2D eigenvalue weighted by Crippen LogP contribution is -2.38. The summed E-state index contributed by atoms with van der Waals surface area (Å²) in [5, 5.41) is 0. The van der Waals surface area contributed by atoms with E-state index in [-0.39, 0.29) is 0 Å². The summed E-state index contributed by atoms with van der Waals surface area (Å²) in [6.07, 6.45) is 11.1. The summed E-state index contributed by atoms with van der Waals surface area (Å²) in [5.74, 6) is 2.37. The number of allylic oxidation sites excluding steroid dienone is 4. The summed E-state index contributed by atoms with van der Waals surface area (Å²) >= 11 is 0. The van der Waals surface area contributed by atoms with Crippen LogP contribution in [0, 0.1) is 5.92 Å². The molecule has 0 saturated carbocycles. The molecule has 1 aromatic heterocycles. The van der Waals surface area contributed by atoms with Crippen LogP contribution in [0.1, 0.15) is 24.2 Å². The fourth-order valence-electron chi connectivity index (χ4n) is 3.45. The molecule has 0 saturated heterocycles. The number of hydrogen-bond acceptors (Lipinski definition) is 0. The van der Waals surface area contributed by atoms with Gasteiger partial charge in [-0.05, 0) is 17.6 Å². The lowest BCUT2D eigenvalue weighted by atomic mass is 9.77. The highest BCUT2D eigenvalue weighted by Gasteiger charge is 2.40. The number of para-hydroxylation sites is 1. The Morgan fingerprint density at radius 2 is 2.05 bits per heavy atom. The summed E-state index contributed by atoms with van der Waals surface area (Å²) in [6, 6.07) is 8.70. The number of benzene rings is 1. The summed E-state index contributed by atoms with van der Waals surface area (Å²) in [7, 11) is 2.14. The Kier molecular flexibility index (Phi) is 2.10. The van der Waals surface area contributed by atoms with E-state index in [1.807, 2.05) is 0 Å². The molecular weight excluding hydrogens is 232 g/mol. The molecule has 0 radical (unpaired) electrons. The van der Waals surface area contributed by atoms with Gasteiger partial charge in [0, 0.05) is 5.56 Å². The van der Waals surface area contributed by atoms with Crippen LogP contribution in [-0.2, 0) is 7.05 Å². The highest BCUT2D eigenvalue weighted by Crippen LogP contribution is 2.45. The number of aromatic nitrogens is 2. The maximum absolute atomic E-state index is 2.34. The molecule has 0 amide bonds. The highest BCUT2D eigenvalue weighted by atomic mass is 15.2. The molecule has 0 fully saturated rings. The number of rotatable bonds is 0. The summed E-state index contributed by atoms with van der Waals surface area (Å²) in [6.45, 7) is 2.31. The third kappa shape index (κ3) is 1.34. The third-order valence-electron chi connectivity index (χ3n) is 4.35. The molecule has 1 aliphatic heterocycles.